The van der Waals surface area contributed by atoms with Gasteiger partial charge >= 0.3 is 0 Å². The summed E-state index contributed by atoms with van der Waals surface area (Å²) >= 11 is 0. The van der Waals surface area contributed by atoms with Crippen molar-refractivity contribution in [2.45, 2.75) is 13.8 Å². The van der Waals surface area contributed by atoms with Gasteiger partial charge in [0.25, 0.3) is 0 Å². The Morgan fingerprint density at radius 3 is 2.39 bits per heavy atom. The molecule has 1 aromatic carbocycles. The van der Waals surface area contributed by atoms with Gasteiger partial charge in [-0.3, -0.25) is 0 Å². The van der Waals surface area contributed by atoms with E-state index in [1.165, 1.54) is 0 Å². The molecule has 0 radical (unpaired) electrons. The van der Waals surface area contributed by atoms with Gasteiger partial charge in [-0.2, -0.15) is 9.61 Å². The van der Waals surface area contributed by atoms with Crippen molar-refractivity contribution in [3.05, 3.63) is 36.0 Å². The van der Waals surface area contributed by atoms with Crippen LogP contribution >= 0.6 is 0 Å². The van der Waals surface area contributed by atoms with E-state index in [-0.39, 0.29) is 0 Å². The second-order valence-electron chi connectivity index (χ2n) is 7.05. The first-order valence-electron chi connectivity index (χ1n) is 9.70. The molecule has 0 atom stereocenters. The molecule has 0 unspecified atom stereocenters. The second-order valence-corrected chi connectivity index (χ2v) is 7.05. The number of hydrogen-bond acceptors (Lipinski definition) is 6. The number of ether oxygens (including phenoxy) is 2. The third-order valence-electron chi connectivity index (χ3n) is 5.36. The molecule has 3 heterocycles. The Hall–Kier alpha value is -2.80. The summed E-state index contributed by atoms with van der Waals surface area (Å²) in [5.74, 6) is 2.50. The van der Waals surface area contributed by atoms with Crippen molar-refractivity contribution in [2.24, 2.45) is 0 Å². The molecule has 28 heavy (non-hydrogen) atoms. The van der Waals surface area contributed by atoms with E-state index in [1.54, 1.807) is 14.2 Å². The van der Waals surface area contributed by atoms with E-state index in [0.717, 1.165) is 61.1 Å². The van der Waals surface area contributed by atoms with Crippen LogP contribution in [0.25, 0.3) is 16.9 Å². The van der Waals surface area contributed by atoms with Crippen LogP contribution in [0.15, 0.2) is 30.3 Å². The number of anilines is 1. The highest BCUT2D eigenvalue weighted by atomic mass is 16.5. The highest BCUT2D eigenvalue weighted by molar-refractivity contribution is 5.68. The highest BCUT2D eigenvalue weighted by Crippen LogP contribution is 2.32. The molecule has 0 saturated carbocycles. The van der Waals surface area contributed by atoms with Gasteiger partial charge in [-0.25, -0.2) is 4.98 Å². The molecule has 7 nitrogen and oxygen atoms in total. The normalized spacial score (nSPS) is 15.2. The Bertz CT molecular complexity index is 976. The van der Waals surface area contributed by atoms with Gasteiger partial charge in [0.2, 0.25) is 0 Å². The number of methoxy groups -OCH3 is 2. The van der Waals surface area contributed by atoms with Gasteiger partial charge in [0.15, 0.2) is 17.1 Å². The molecule has 0 spiro atoms. The van der Waals surface area contributed by atoms with Crippen LogP contribution in [0.5, 0.6) is 11.5 Å². The fraction of sp³-hybridized carbons (Fsp3) is 0.429. The molecule has 0 aliphatic carbocycles. The number of rotatable bonds is 5. The standard InChI is InChI=1S/C21H27N5O2/c1-5-24-8-10-25(11-9-24)21-12-15(2)22-20-14-17(23-26(20)21)16-6-7-18(27-3)19(13-16)28-4/h6-7,12-14H,5,8-11H2,1-4H3. The van der Waals surface area contributed by atoms with E-state index in [1.807, 2.05) is 35.7 Å². The Balaban J connectivity index is 1.73. The minimum atomic E-state index is 0.692. The van der Waals surface area contributed by atoms with Crippen molar-refractivity contribution in [1.82, 2.24) is 19.5 Å². The maximum Gasteiger partial charge on any atom is 0.161 e. The average molecular weight is 381 g/mol. The van der Waals surface area contributed by atoms with Crippen LogP contribution in [-0.2, 0) is 0 Å². The molecule has 0 bridgehead atoms. The number of nitrogens with zero attached hydrogens (tertiary/aromatic N) is 5. The minimum absolute atomic E-state index is 0.692. The lowest BCUT2D eigenvalue weighted by Crippen LogP contribution is -2.46. The fourth-order valence-electron chi connectivity index (χ4n) is 3.74. The van der Waals surface area contributed by atoms with Crippen molar-refractivity contribution < 1.29 is 9.47 Å². The smallest absolute Gasteiger partial charge is 0.161 e. The lowest BCUT2D eigenvalue weighted by molar-refractivity contribution is 0.270. The van der Waals surface area contributed by atoms with Crippen molar-refractivity contribution >= 4 is 11.5 Å². The zero-order valence-corrected chi connectivity index (χ0v) is 17.0. The average Bonchev–Trinajstić information content (AvgIpc) is 3.16. The van der Waals surface area contributed by atoms with Crippen LogP contribution < -0.4 is 14.4 Å². The molecular weight excluding hydrogens is 354 g/mol. The first-order valence-corrected chi connectivity index (χ1v) is 9.70. The Kier molecular flexibility index (Phi) is 5.09. The van der Waals surface area contributed by atoms with E-state index in [0.29, 0.717) is 11.5 Å². The Labute approximate surface area is 165 Å². The first kappa shape index (κ1) is 18.6. The highest BCUT2D eigenvalue weighted by Gasteiger charge is 2.20. The van der Waals surface area contributed by atoms with E-state index < -0.39 is 0 Å². The van der Waals surface area contributed by atoms with Gasteiger partial charge in [-0.1, -0.05) is 6.92 Å². The third kappa shape index (κ3) is 3.38. The molecule has 7 heteroatoms. The van der Waals surface area contributed by atoms with Gasteiger partial charge in [-0.15, -0.1) is 0 Å². The molecular formula is C21H27N5O2. The number of hydrogen-bond donors (Lipinski definition) is 0. The summed E-state index contributed by atoms with van der Waals surface area (Å²) < 4.78 is 12.7. The Morgan fingerprint density at radius 1 is 0.964 bits per heavy atom. The largest absolute Gasteiger partial charge is 0.493 e. The van der Waals surface area contributed by atoms with Crippen LogP contribution in [0.1, 0.15) is 12.6 Å². The summed E-state index contributed by atoms with van der Waals surface area (Å²) in [5, 5.41) is 4.87. The van der Waals surface area contributed by atoms with Crippen LogP contribution in [0.3, 0.4) is 0 Å². The molecule has 0 amide bonds. The zero-order chi connectivity index (χ0) is 19.7. The number of piperazine rings is 1. The third-order valence-corrected chi connectivity index (χ3v) is 5.36. The number of likely N-dealkylation sites (N-methyl/N-ethyl adjacent to an activating group) is 1. The second kappa shape index (κ2) is 7.67. The molecule has 3 aromatic rings. The number of benzene rings is 1. The van der Waals surface area contributed by atoms with Crippen LogP contribution in [0.4, 0.5) is 5.82 Å². The monoisotopic (exact) mass is 381 g/mol. The van der Waals surface area contributed by atoms with Crippen molar-refractivity contribution in [3.63, 3.8) is 0 Å². The molecule has 1 fully saturated rings. The molecule has 0 N–H and O–H groups in total. The van der Waals surface area contributed by atoms with Gasteiger partial charge < -0.3 is 19.3 Å². The van der Waals surface area contributed by atoms with E-state index in [2.05, 4.69) is 22.8 Å². The molecule has 148 valence electrons. The topological polar surface area (TPSA) is 55.1 Å². The number of aromatic nitrogens is 3. The number of aryl methyl sites for hydroxylation is 1. The van der Waals surface area contributed by atoms with Crippen LogP contribution in [-0.4, -0.2) is 66.4 Å². The van der Waals surface area contributed by atoms with Crippen molar-refractivity contribution in [1.29, 1.82) is 0 Å². The summed E-state index contributed by atoms with van der Waals surface area (Å²) in [6.07, 6.45) is 0. The quantitative estimate of drug-likeness (QED) is 0.677. The summed E-state index contributed by atoms with van der Waals surface area (Å²) in [4.78, 5) is 9.57. The zero-order valence-electron chi connectivity index (χ0n) is 17.0. The molecule has 2 aromatic heterocycles. The maximum atomic E-state index is 5.44. The molecule has 1 aliphatic heterocycles. The first-order chi connectivity index (χ1) is 13.6. The van der Waals surface area contributed by atoms with Crippen molar-refractivity contribution in [3.8, 4) is 22.8 Å². The lowest BCUT2D eigenvalue weighted by atomic mass is 10.1. The summed E-state index contributed by atoms with van der Waals surface area (Å²) in [6, 6.07) is 10.0. The summed E-state index contributed by atoms with van der Waals surface area (Å²) in [5.41, 5.74) is 3.70. The van der Waals surface area contributed by atoms with Gasteiger partial charge in [0, 0.05) is 49.6 Å². The van der Waals surface area contributed by atoms with Crippen LogP contribution in [0.2, 0.25) is 0 Å². The summed E-state index contributed by atoms with van der Waals surface area (Å²) in [7, 11) is 3.28. The van der Waals surface area contributed by atoms with Gasteiger partial charge in [0.1, 0.15) is 5.82 Å². The van der Waals surface area contributed by atoms with E-state index >= 15 is 0 Å². The molecule has 1 saturated heterocycles. The SMILES string of the molecule is CCN1CCN(c2cc(C)nc3cc(-c4ccc(OC)c(OC)c4)nn23)CC1. The lowest BCUT2D eigenvalue weighted by Gasteiger charge is -2.35. The number of fused-ring (bicyclic) bond motifs is 1. The predicted molar refractivity (Wildman–Crippen MR) is 111 cm³/mol. The minimum Gasteiger partial charge on any atom is -0.493 e. The van der Waals surface area contributed by atoms with Crippen molar-refractivity contribution in [2.75, 3.05) is 51.8 Å². The van der Waals surface area contributed by atoms with E-state index in [9.17, 15) is 0 Å². The van der Waals surface area contributed by atoms with Gasteiger partial charge in [-0.05, 0) is 31.7 Å². The van der Waals surface area contributed by atoms with Gasteiger partial charge in [0.05, 0.1) is 19.9 Å². The fourth-order valence-corrected chi connectivity index (χ4v) is 3.74. The molecule has 4 rings (SSSR count). The Morgan fingerprint density at radius 2 is 1.71 bits per heavy atom. The predicted octanol–water partition coefficient (Wildman–Crippen LogP) is 2.86. The summed E-state index contributed by atoms with van der Waals surface area (Å²) in [6.45, 7) is 9.49. The molecule has 1 aliphatic rings. The van der Waals surface area contributed by atoms with E-state index in [4.69, 9.17) is 19.6 Å². The maximum absolute atomic E-state index is 5.44. The van der Waals surface area contributed by atoms with Crippen LogP contribution in [0, 0.1) is 6.92 Å².